The summed E-state index contributed by atoms with van der Waals surface area (Å²) in [5, 5.41) is 7.14. The molecule has 5 heteroatoms. The Balaban J connectivity index is 1.63. The van der Waals surface area contributed by atoms with Crippen LogP contribution in [0.4, 0.5) is 0 Å². The van der Waals surface area contributed by atoms with Gasteiger partial charge in [-0.3, -0.25) is 10.00 Å². The van der Waals surface area contributed by atoms with Crippen molar-refractivity contribution in [1.29, 1.82) is 0 Å². The molecule has 0 radical (unpaired) electrons. The minimum atomic E-state index is 0.510. The molecular formula is C13H24N4O. The number of aromatic amines is 1. The normalized spacial score (nSPS) is 19.8. The van der Waals surface area contributed by atoms with Crippen molar-refractivity contribution in [3.63, 3.8) is 0 Å². The van der Waals surface area contributed by atoms with Crippen molar-refractivity contribution in [2.24, 2.45) is 0 Å². The van der Waals surface area contributed by atoms with E-state index in [-0.39, 0.29) is 0 Å². The van der Waals surface area contributed by atoms with Gasteiger partial charge in [0.15, 0.2) is 0 Å². The van der Waals surface area contributed by atoms with Gasteiger partial charge in [-0.1, -0.05) is 6.92 Å². The molecule has 2 heterocycles. The van der Waals surface area contributed by atoms with Gasteiger partial charge in [0, 0.05) is 13.0 Å². The lowest BCUT2D eigenvalue weighted by Gasteiger charge is -2.16. The number of aromatic nitrogens is 3. The highest BCUT2D eigenvalue weighted by Crippen LogP contribution is 2.16. The van der Waals surface area contributed by atoms with E-state index in [1.165, 1.54) is 25.7 Å². The fourth-order valence-corrected chi connectivity index (χ4v) is 2.36. The third-order valence-corrected chi connectivity index (χ3v) is 3.40. The van der Waals surface area contributed by atoms with Gasteiger partial charge in [0.05, 0.1) is 12.6 Å². The van der Waals surface area contributed by atoms with Crippen LogP contribution in [0.5, 0.6) is 0 Å². The summed E-state index contributed by atoms with van der Waals surface area (Å²) in [6.45, 7) is 4.96. The molecule has 2 rings (SSSR count). The molecule has 102 valence electrons. The summed E-state index contributed by atoms with van der Waals surface area (Å²) in [7, 11) is 2.13. The predicted octanol–water partition coefficient (Wildman–Crippen LogP) is 1.76. The first-order chi connectivity index (χ1) is 8.78. The summed E-state index contributed by atoms with van der Waals surface area (Å²) in [6.07, 6.45) is 6.25. The van der Waals surface area contributed by atoms with E-state index in [0.717, 1.165) is 37.8 Å². The molecule has 1 fully saturated rings. The summed E-state index contributed by atoms with van der Waals surface area (Å²) < 4.78 is 5.62. The summed E-state index contributed by atoms with van der Waals surface area (Å²) in [5.74, 6) is 1.87. The summed E-state index contributed by atoms with van der Waals surface area (Å²) >= 11 is 0. The van der Waals surface area contributed by atoms with Gasteiger partial charge in [0.25, 0.3) is 0 Å². The maximum atomic E-state index is 5.62. The maximum Gasteiger partial charge on any atom is 0.150 e. The fraction of sp³-hybridized carbons (Fsp3) is 0.846. The minimum absolute atomic E-state index is 0.510. The van der Waals surface area contributed by atoms with Crippen molar-refractivity contribution < 1.29 is 4.74 Å². The van der Waals surface area contributed by atoms with Crippen LogP contribution in [0.1, 0.15) is 44.3 Å². The molecule has 1 aliphatic heterocycles. The molecule has 0 aromatic carbocycles. The molecule has 1 atom stereocenters. The number of nitrogens with one attached hydrogen (secondary N) is 1. The summed E-state index contributed by atoms with van der Waals surface area (Å²) in [5.41, 5.74) is 0. The second-order valence-corrected chi connectivity index (χ2v) is 5.07. The molecule has 1 N–H and O–H groups in total. The van der Waals surface area contributed by atoms with E-state index in [0.29, 0.717) is 6.10 Å². The Morgan fingerprint density at radius 2 is 2.39 bits per heavy atom. The summed E-state index contributed by atoms with van der Waals surface area (Å²) in [4.78, 5) is 6.71. The Morgan fingerprint density at radius 3 is 3.06 bits per heavy atom. The minimum Gasteiger partial charge on any atom is -0.378 e. The zero-order valence-electron chi connectivity index (χ0n) is 11.5. The van der Waals surface area contributed by atoms with E-state index in [2.05, 4.69) is 34.1 Å². The van der Waals surface area contributed by atoms with E-state index >= 15 is 0 Å². The number of aryl methyl sites for hydroxylation is 1. The van der Waals surface area contributed by atoms with Crippen LogP contribution in [0.3, 0.4) is 0 Å². The largest absolute Gasteiger partial charge is 0.378 e. The number of ether oxygens (including phenoxy) is 1. The van der Waals surface area contributed by atoms with Crippen molar-refractivity contribution in [3.8, 4) is 0 Å². The third-order valence-electron chi connectivity index (χ3n) is 3.40. The molecule has 0 saturated carbocycles. The van der Waals surface area contributed by atoms with Crippen molar-refractivity contribution in [2.75, 3.05) is 20.2 Å². The van der Waals surface area contributed by atoms with Gasteiger partial charge >= 0.3 is 0 Å². The van der Waals surface area contributed by atoms with Crippen molar-refractivity contribution in [1.82, 2.24) is 20.1 Å². The van der Waals surface area contributed by atoms with Crippen LogP contribution >= 0.6 is 0 Å². The van der Waals surface area contributed by atoms with Crippen molar-refractivity contribution >= 4 is 0 Å². The smallest absolute Gasteiger partial charge is 0.150 e. The third kappa shape index (κ3) is 4.07. The number of nitrogens with zero attached hydrogens (tertiary/aromatic N) is 3. The molecule has 1 saturated heterocycles. The van der Waals surface area contributed by atoms with Crippen LogP contribution in [0.25, 0.3) is 0 Å². The predicted molar refractivity (Wildman–Crippen MR) is 70.3 cm³/mol. The van der Waals surface area contributed by atoms with Crippen LogP contribution in [-0.4, -0.2) is 46.4 Å². The molecular weight excluding hydrogens is 228 g/mol. The van der Waals surface area contributed by atoms with Gasteiger partial charge in [-0.25, -0.2) is 4.98 Å². The Morgan fingerprint density at radius 1 is 1.50 bits per heavy atom. The average Bonchev–Trinajstić information content (AvgIpc) is 3.00. The highest BCUT2D eigenvalue weighted by Gasteiger charge is 2.15. The Labute approximate surface area is 109 Å². The van der Waals surface area contributed by atoms with Gasteiger partial charge in [-0.15, -0.1) is 0 Å². The van der Waals surface area contributed by atoms with Crippen LogP contribution in [-0.2, 0) is 17.7 Å². The second-order valence-electron chi connectivity index (χ2n) is 5.07. The lowest BCUT2D eigenvalue weighted by Crippen LogP contribution is -2.21. The molecule has 0 bridgehead atoms. The Kier molecular flexibility index (Phi) is 5.13. The van der Waals surface area contributed by atoms with Crippen LogP contribution < -0.4 is 0 Å². The van der Waals surface area contributed by atoms with Crippen LogP contribution in [0, 0.1) is 0 Å². The van der Waals surface area contributed by atoms with E-state index in [1.807, 2.05) is 0 Å². The van der Waals surface area contributed by atoms with Crippen LogP contribution in [0.15, 0.2) is 0 Å². The molecule has 0 amide bonds. The quantitative estimate of drug-likeness (QED) is 0.803. The molecule has 0 spiro atoms. The van der Waals surface area contributed by atoms with E-state index in [4.69, 9.17) is 4.74 Å². The number of hydrogen-bond donors (Lipinski definition) is 1. The molecule has 0 unspecified atom stereocenters. The first-order valence-corrected chi connectivity index (χ1v) is 6.98. The molecule has 5 nitrogen and oxygen atoms in total. The SMILES string of the molecule is CCc1n[nH]c(CN(C)CCC[C@@H]2CCCO2)n1. The van der Waals surface area contributed by atoms with Gasteiger partial charge in [-0.05, 0) is 39.3 Å². The fourth-order valence-electron chi connectivity index (χ4n) is 2.36. The lowest BCUT2D eigenvalue weighted by molar-refractivity contribution is 0.0994. The zero-order valence-corrected chi connectivity index (χ0v) is 11.5. The molecule has 0 aliphatic carbocycles. The highest BCUT2D eigenvalue weighted by atomic mass is 16.5. The number of rotatable bonds is 7. The van der Waals surface area contributed by atoms with E-state index in [9.17, 15) is 0 Å². The Hall–Kier alpha value is -0.940. The molecule has 1 aromatic heterocycles. The monoisotopic (exact) mass is 252 g/mol. The van der Waals surface area contributed by atoms with Crippen molar-refractivity contribution in [2.45, 2.75) is 51.7 Å². The van der Waals surface area contributed by atoms with E-state index in [1.54, 1.807) is 0 Å². The van der Waals surface area contributed by atoms with Gasteiger partial charge in [0.2, 0.25) is 0 Å². The topological polar surface area (TPSA) is 54.0 Å². The van der Waals surface area contributed by atoms with Gasteiger partial charge < -0.3 is 4.74 Å². The average molecular weight is 252 g/mol. The van der Waals surface area contributed by atoms with Gasteiger partial charge in [-0.2, -0.15) is 5.10 Å². The molecule has 18 heavy (non-hydrogen) atoms. The molecule has 1 aliphatic rings. The van der Waals surface area contributed by atoms with E-state index < -0.39 is 0 Å². The van der Waals surface area contributed by atoms with Crippen molar-refractivity contribution in [3.05, 3.63) is 11.6 Å². The first-order valence-electron chi connectivity index (χ1n) is 6.98. The number of hydrogen-bond acceptors (Lipinski definition) is 4. The second kappa shape index (κ2) is 6.85. The van der Waals surface area contributed by atoms with Crippen LogP contribution in [0.2, 0.25) is 0 Å². The standard InChI is InChI=1S/C13H24N4O/c1-3-12-14-13(16-15-12)10-17(2)8-4-6-11-7-5-9-18-11/h11H,3-10H2,1-2H3,(H,14,15,16)/t11-/m1/s1. The summed E-state index contributed by atoms with van der Waals surface area (Å²) in [6, 6.07) is 0. The zero-order chi connectivity index (χ0) is 12.8. The first kappa shape index (κ1) is 13.5. The lowest BCUT2D eigenvalue weighted by atomic mass is 10.1. The Bertz CT molecular complexity index is 347. The molecule has 1 aromatic rings. The maximum absolute atomic E-state index is 5.62. The van der Waals surface area contributed by atoms with Gasteiger partial charge in [0.1, 0.15) is 11.6 Å². The highest BCUT2D eigenvalue weighted by molar-refractivity contribution is 4.89. The number of H-pyrrole nitrogens is 1.